The molecule has 0 amide bonds. The number of nitrogens with zero attached hydrogens (tertiary/aromatic N) is 1. The molecule has 2 N–H and O–H groups in total. The van der Waals surface area contributed by atoms with E-state index in [0.717, 1.165) is 12.1 Å². The van der Waals surface area contributed by atoms with Gasteiger partial charge in [-0.15, -0.1) is 0 Å². The standard InChI is InChI=1S/C12H18N2O2S/c1-14(8-7-13)11-6-9-17(15,16)12-5-3-2-4-10(11)12/h2-5,11H,6-9,13H2,1H3. The van der Waals surface area contributed by atoms with E-state index in [9.17, 15) is 8.42 Å². The first-order valence-corrected chi connectivity index (χ1v) is 7.43. The number of rotatable bonds is 3. The van der Waals surface area contributed by atoms with Gasteiger partial charge in [0.25, 0.3) is 0 Å². The number of nitrogens with two attached hydrogens (primary N) is 1. The van der Waals surface area contributed by atoms with Crippen LogP contribution in [-0.4, -0.2) is 39.2 Å². The summed E-state index contributed by atoms with van der Waals surface area (Å²) >= 11 is 0. The van der Waals surface area contributed by atoms with Gasteiger partial charge in [0, 0.05) is 19.1 Å². The average Bonchev–Trinajstić information content (AvgIpc) is 2.29. The van der Waals surface area contributed by atoms with E-state index >= 15 is 0 Å². The van der Waals surface area contributed by atoms with Crippen molar-refractivity contribution in [3.8, 4) is 0 Å². The molecule has 17 heavy (non-hydrogen) atoms. The van der Waals surface area contributed by atoms with Crippen LogP contribution >= 0.6 is 0 Å². The van der Waals surface area contributed by atoms with E-state index in [1.165, 1.54) is 0 Å². The number of hydrogen-bond acceptors (Lipinski definition) is 4. The molecule has 1 aromatic carbocycles. The minimum absolute atomic E-state index is 0.165. The Labute approximate surface area is 102 Å². The summed E-state index contributed by atoms with van der Waals surface area (Å²) in [5.41, 5.74) is 6.46. The van der Waals surface area contributed by atoms with Gasteiger partial charge in [-0.3, -0.25) is 4.90 Å². The fraction of sp³-hybridized carbons (Fsp3) is 0.500. The third-order valence-corrected chi connectivity index (χ3v) is 5.10. The van der Waals surface area contributed by atoms with E-state index in [0.29, 0.717) is 17.9 Å². The molecule has 1 aliphatic heterocycles. The van der Waals surface area contributed by atoms with Crippen LogP contribution in [0.4, 0.5) is 0 Å². The molecule has 0 saturated heterocycles. The first-order chi connectivity index (χ1) is 8.06. The van der Waals surface area contributed by atoms with Crippen LogP contribution in [0.5, 0.6) is 0 Å². The Morgan fingerprint density at radius 1 is 1.41 bits per heavy atom. The number of fused-ring (bicyclic) bond motifs is 1. The van der Waals surface area contributed by atoms with Gasteiger partial charge in [0.15, 0.2) is 9.84 Å². The summed E-state index contributed by atoms with van der Waals surface area (Å²) in [6, 6.07) is 7.44. The summed E-state index contributed by atoms with van der Waals surface area (Å²) in [6.07, 6.45) is 0.649. The number of likely N-dealkylation sites (N-methyl/N-ethyl adjacent to an activating group) is 1. The molecule has 0 fully saturated rings. The predicted molar refractivity (Wildman–Crippen MR) is 67.5 cm³/mol. The zero-order chi connectivity index (χ0) is 12.5. The molecule has 5 heteroatoms. The van der Waals surface area contributed by atoms with Crippen molar-refractivity contribution in [2.75, 3.05) is 25.9 Å². The van der Waals surface area contributed by atoms with Crippen molar-refractivity contribution in [2.45, 2.75) is 17.4 Å². The SMILES string of the molecule is CN(CCN)C1CCS(=O)(=O)c2ccccc21. The quantitative estimate of drug-likeness (QED) is 0.866. The summed E-state index contributed by atoms with van der Waals surface area (Å²) in [5.74, 6) is 0.226. The highest BCUT2D eigenvalue weighted by molar-refractivity contribution is 7.91. The Balaban J connectivity index is 2.42. The first kappa shape index (κ1) is 12.5. The van der Waals surface area contributed by atoms with Crippen LogP contribution in [0.25, 0.3) is 0 Å². The fourth-order valence-corrected chi connectivity index (χ4v) is 3.99. The van der Waals surface area contributed by atoms with Gasteiger partial charge in [0.2, 0.25) is 0 Å². The maximum Gasteiger partial charge on any atom is 0.178 e. The lowest BCUT2D eigenvalue weighted by Crippen LogP contribution is -2.34. The van der Waals surface area contributed by atoms with Crippen molar-refractivity contribution >= 4 is 9.84 Å². The monoisotopic (exact) mass is 254 g/mol. The maximum absolute atomic E-state index is 12.0. The smallest absolute Gasteiger partial charge is 0.178 e. The Morgan fingerprint density at radius 3 is 2.82 bits per heavy atom. The Morgan fingerprint density at radius 2 is 2.12 bits per heavy atom. The second-order valence-electron chi connectivity index (χ2n) is 4.43. The van der Waals surface area contributed by atoms with Gasteiger partial charge in [-0.1, -0.05) is 18.2 Å². The Bertz CT molecular complexity index is 499. The molecule has 1 aliphatic rings. The molecule has 0 spiro atoms. The van der Waals surface area contributed by atoms with Crippen molar-refractivity contribution in [3.05, 3.63) is 29.8 Å². The summed E-state index contributed by atoms with van der Waals surface area (Å²) < 4.78 is 23.9. The summed E-state index contributed by atoms with van der Waals surface area (Å²) in [7, 11) is -1.09. The molecule has 1 heterocycles. The minimum atomic E-state index is -3.08. The molecular weight excluding hydrogens is 236 g/mol. The maximum atomic E-state index is 12.0. The largest absolute Gasteiger partial charge is 0.329 e. The lowest BCUT2D eigenvalue weighted by Gasteiger charge is -2.32. The fourth-order valence-electron chi connectivity index (χ4n) is 2.39. The Kier molecular flexibility index (Phi) is 3.51. The van der Waals surface area contributed by atoms with Crippen molar-refractivity contribution in [2.24, 2.45) is 5.73 Å². The highest BCUT2D eigenvalue weighted by Gasteiger charge is 2.31. The second kappa shape index (κ2) is 4.76. The topological polar surface area (TPSA) is 63.4 Å². The Hall–Kier alpha value is -0.910. The number of sulfone groups is 1. The molecule has 1 unspecified atom stereocenters. The van der Waals surface area contributed by atoms with Crippen molar-refractivity contribution in [1.82, 2.24) is 4.90 Å². The molecule has 0 bridgehead atoms. The molecule has 2 rings (SSSR count). The minimum Gasteiger partial charge on any atom is -0.329 e. The van der Waals surface area contributed by atoms with Crippen molar-refractivity contribution in [1.29, 1.82) is 0 Å². The summed E-state index contributed by atoms with van der Waals surface area (Å²) in [4.78, 5) is 2.62. The number of hydrogen-bond donors (Lipinski definition) is 1. The van der Waals surface area contributed by atoms with Crippen molar-refractivity contribution in [3.63, 3.8) is 0 Å². The predicted octanol–water partition coefficient (Wildman–Crippen LogP) is 0.796. The van der Waals surface area contributed by atoms with Gasteiger partial charge in [-0.05, 0) is 25.1 Å². The summed E-state index contributed by atoms with van der Waals surface area (Å²) in [6.45, 7) is 1.36. The highest BCUT2D eigenvalue weighted by atomic mass is 32.2. The van der Waals surface area contributed by atoms with Crippen LogP contribution in [0, 0.1) is 0 Å². The summed E-state index contributed by atoms with van der Waals surface area (Å²) in [5, 5.41) is 0. The van der Waals surface area contributed by atoms with Gasteiger partial charge >= 0.3 is 0 Å². The lowest BCUT2D eigenvalue weighted by molar-refractivity contribution is 0.240. The molecule has 0 radical (unpaired) electrons. The molecular formula is C12H18N2O2S. The van der Waals surface area contributed by atoms with Crippen molar-refractivity contribution < 1.29 is 8.42 Å². The lowest BCUT2D eigenvalue weighted by atomic mass is 10.0. The van der Waals surface area contributed by atoms with Crippen LogP contribution < -0.4 is 5.73 Å². The van der Waals surface area contributed by atoms with Crippen LogP contribution in [0.2, 0.25) is 0 Å². The van der Waals surface area contributed by atoms with E-state index in [2.05, 4.69) is 4.90 Å². The molecule has 1 aromatic rings. The molecule has 1 atom stereocenters. The third kappa shape index (κ3) is 2.36. The molecule has 94 valence electrons. The van der Waals surface area contributed by atoms with Gasteiger partial charge < -0.3 is 5.73 Å². The van der Waals surface area contributed by atoms with Crippen LogP contribution in [0.1, 0.15) is 18.0 Å². The molecule has 0 aliphatic carbocycles. The van der Waals surface area contributed by atoms with Crippen LogP contribution in [0.3, 0.4) is 0 Å². The molecule has 0 saturated carbocycles. The van der Waals surface area contributed by atoms with E-state index in [1.807, 2.05) is 19.2 Å². The first-order valence-electron chi connectivity index (χ1n) is 5.78. The average molecular weight is 254 g/mol. The van der Waals surface area contributed by atoms with Gasteiger partial charge in [0.1, 0.15) is 0 Å². The van der Waals surface area contributed by atoms with E-state index in [4.69, 9.17) is 5.73 Å². The normalized spacial score (nSPS) is 22.4. The second-order valence-corrected chi connectivity index (χ2v) is 6.51. The zero-order valence-electron chi connectivity index (χ0n) is 9.96. The van der Waals surface area contributed by atoms with Gasteiger partial charge in [0.05, 0.1) is 10.6 Å². The highest BCUT2D eigenvalue weighted by Crippen LogP contribution is 2.34. The van der Waals surface area contributed by atoms with Crippen LogP contribution in [0.15, 0.2) is 29.2 Å². The van der Waals surface area contributed by atoms with Crippen LogP contribution in [-0.2, 0) is 9.84 Å². The molecule has 4 nitrogen and oxygen atoms in total. The van der Waals surface area contributed by atoms with E-state index < -0.39 is 9.84 Å². The number of benzene rings is 1. The van der Waals surface area contributed by atoms with E-state index in [-0.39, 0.29) is 11.8 Å². The van der Waals surface area contributed by atoms with Gasteiger partial charge in [-0.2, -0.15) is 0 Å². The molecule has 0 aromatic heterocycles. The van der Waals surface area contributed by atoms with Gasteiger partial charge in [-0.25, -0.2) is 8.42 Å². The third-order valence-electron chi connectivity index (χ3n) is 3.29. The zero-order valence-corrected chi connectivity index (χ0v) is 10.8. The van der Waals surface area contributed by atoms with E-state index in [1.54, 1.807) is 12.1 Å².